The smallest absolute Gasteiger partial charge is 0.267 e. The van der Waals surface area contributed by atoms with Gasteiger partial charge in [0, 0.05) is 18.0 Å². The van der Waals surface area contributed by atoms with Crippen molar-refractivity contribution in [3.8, 4) is 0 Å². The second kappa shape index (κ2) is 2.97. The fraction of sp³-hybridized carbons (Fsp3) is 0. The SMILES string of the molecule is O=c1c2cccnc2nc(Cl)n1Cl. The quantitative estimate of drug-likeness (QED) is 0.626. The number of aromatic nitrogens is 3. The van der Waals surface area contributed by atoms with E-state index in [9.17, 15) is 4.79 Å². The van der Waals surface area contributed by atoms with Crippen LogP contribution in [0.5, 0.6) is 0 Å². The van der Waals surface area contributed by atoms with Crippen molar-refractivity contribution in [2.24, 2.45) is 0 Å². The topological polar surface area (TPSA) is 47.8 Å². The van der Waals surface area contributed by atoms with Crippen LogP contribution in [0.2, 0.25) is 5.28 Å². The lowest BCUT2D eigenvalue weighted by Gasteiger charge is -1.98. The summed E-state index contributed by atoms with van der Waals surface area (Å²) >= 11 is 11.1. The maximum absolute atomic E-state index is 11.4. The molecule has 0 aliphatic heterocycles. The van der Waals surface area contributed by atoms with Crippen molar-refractivity contribution >= 4 is 34.4 Å². The fourth-order valence-electron chi connectivity index (χ4n) is 0.974. The molecule has 13 heavy (non-hydrogen) atoms. The lowest BCUT2D eigenvalue weighted by molar-refractivity contribution is 1.07. The highest BCUT2D eigenvalue weighted by Gasteiger charge is 2.06. The van der Waals surface area contributed by atoms with Gasteiger partial charge < -0.3 is 0 Å². The molecule has 2 heterocycles. The van der Waals surface area contributed by atoms with Crippen LogP contribution in [0.25, 0.3) is 11.0 Å². The van der Waals surface area contributed by atoms with Gasteiger partial charge in [-0.15, -0.1) is 0 Å². The van der Waals surface area contributed by atoms with E-state index in [0.29, 0.717) is 11.0 Å². The van der Waals surface area contributed by atoms with Gasteiger partial charge in [0.05, 0.1) is 5.39 Å². The third kappa shape index (κ3) is 1.28. The first kappa shape index (κ1) is 8.47. The molecule has 0 fully saturated rings. The van der Waals surface area contributed by atoms with E-state index in [-0.39, 0.29) is 5.28 Å². The van der Waals surface area contributed by atoms with Crippen molar-refractivity contribution in [2.45, 2.75) is 0 Å². The predicted molar refractivity (Wildman–Crippen MR) is 50.1 cm³/mol. The zero-order valence-corrected chi connectivity index (χ0v) is 7.75. The van der Waals surface area contributed by atoms with Gasteiger partial charge in [0.25, 0.3) is 5.56 Å². The standard InChI is InChI=1S/C7H3Cl2N3O/c8-7-11-5-4(2-1-3-10-5)6(13)12(7)9/h1-3H. The van der Waals surface area contributed by atoms with E-state index in [0.717, 1.165) is 4.09 Å². The second-order valence-electron chi connectivity index (χ2n) is 2.34. The van der Waals surface area contributed by atoms with Gasteiger partial charge in [-0.05, 0) is 23.7 Å². The summed E-state index contributed by atoms with van der Waals surface area (Å²) in [5, 5.41) is 0.264. The summed E-state index contributed by atoms with van der Waals surface area (Å²) < 4.78 is 0.756. The van der Waals surface area contributed by atoms with Crippen LogP contribution in [0.4, 0.5) is 0 Å². The maximum atomic E-state index is 11.4. The summed E-state index contributed by atoms with van der Waals surface area (Å²) in [5.74, 6) is 0. The molecule has 0 amide bonds. The highest BCUT2D eigenvalue weighted by atomic mass is 35.5. The number of nitrogens with zero attached hydrogens (tertiary/aromatic N) is 3. The van der Waals surface area contributed by atoms with E-state index < -0.39 is 5.56 Å². The van der Waals surface area contributed by atoms with Crippen LogP contribution in [0, 0.1) is 0 Å². The zero-order chi connectivity index (χ0) is 9.42. The molecular weight excluding hydrogens is 213 g/mol. The first-order chi connectivity index (χ1) is 6.20. The molecule has 0 radical (unpaired) electrons. The number of halogens is 2. The molecule has 66 valence electrons. The van der Waals surface area contributed by atoms with E-state index >= 15 is 0 Å². The van der Waals surface area contributed by atoms with E-state index in [4.69, 9.17) is 23.4 Å². The zero-order valence-electron chi connectivity index (χ0n) is 6.24. The molecule has 0 N–H and O–H groups in total. The summed E-state index contributed by atoms with van der Waals surface area (Å²) in [7, 11) is 0. The number of hydrogen-bond donors (Lipinski definition) is 0. The highest BCUT2D eigenvalue weighted by molar-refractivity contribution is 6.32. The van der Waals surface area contributed by atoms with Crippen LogP contribution in [-0.4, -0.2) is 14.1 Å². The first-order valence-electron chi connectivity index (χ1n) is 3.39. The molecule has 4 nitrogen and oxygen atoms in total. The normalized spacial score (nSPS) is 10.6. The molecule has 0 aliphatic carbocycles. The van der Waals surface area contributed by atoms with Crippen molar-refractivity contribution < 1.29 is 0 Å². The van der Waals surface area contributed by atoms with Gasteiger partial charge in [-0.25, -0.2) is 4.98 Å². The Labute approximate surface area is 82.9 Å². The van der Waals surface area contributed by atoms with Crippen molar-refractivity contribution in [3.63, 3.8) is 0 Å². The lowest BCUT2D eigenvalue weighted by atomic mass is 10.3. The third-order valence-electron chi connectivity index (χ3n) is 1.56. The van der Waals surface area contributed by atoms with Gasteiger partial charge in [-0.1, -0.05) is 0 Å². The summed E-state index contributed by atoms with van der Waals surface area (Å²) in [4.78, 5) is 19.1. The van der Waals surface area contributed by atoms with Gasteiger partial charge in [-0.3, -0.25) is 4.79 Å². The molecule has 2 aromatic heterocycles. The largest absolute Gasteiger partial charge is 0.278 e. The molecule has 2 aromatic rings. The Kier molecular flexibility index (Phi) is 1.94. The molecule has 0 saturated carbocycles. The summed E-state index contributed by atoms with van der Waals surface area (Å²) in [6, 6.07) is 3.23. The molecule has 0 aromatic carbocycles. The van der Waals surface area contributed by atoms with Crippen LogP contribution >= 0.6 is 23.4 Å². The van der Waals surface area contributed by atoms with Crippen molar-refractivity contribution in [2.75, 3.05) is 0 Å². The van der Waals surface area contributed by atoms with Crippen LogP contribution in [-0.2, 0) is 0 Å². The van der Waals surface area contributed by atoms with E-state index in [1.807, 2.05) is 0 Å². The molecule has 2 rings (SSSR count). The number of fused-ring (bicyclic) bond motifs is 1. The summed E-state index contributed by atoms with van der Waals surface area (Å²) in [6.07, 6.45) is 1.53. The van der Waals surface area contributed by atoms with Crippen LogP contribution in [0.15, 0.2) is 23.1 Å². The van der Waals surface area contributed by atoms with Gasteiger partial charge in [0.15, 0.2) is 5.65 Å². The number of hydrogen-bond acceptors (Lipinski definition) is 3. The Bertz CT molecular complexity index is 523. The van der Waals surface area contributed by atoms with Crippen molar-refractivity contribution in [3.05, 3.63) is 34.0 Å². The summed E-state index contributed by atoms with van der Waals surface area (Å²) in [5.41, 5.74) is -0.112. The number of pyridine rings is 1. The molecule has 0 atom stereocenters. The second-order valence-corrected chi connectivity index (χ2v) is 3.02. The minimum Gasteiger partial charge on any atom is -0.267 e. The van der Waals surface area contributed by atoms with Gasteiger partial charge in [-0.2, -0.15) is 9.07 Å². The molecule has 0 saturated heterocycles. The van der Waals surface area contributed by atoms with Gasteiger partial charge in [0.2, 0.25) is 5.28 Å². The minimum absolute atomic E-state index is 0.0853. The first-order valence-corrected chi connectivity index (χ1v) is 4.11. The van der Waals surface area contributed by atoms with Crippen LogP contribution < -0.4 is 5.56 Å². The van der Waals surface area contributed by atoms with Gasteiger partial charge in [0.1, 0.15) is 0 Å². The Balaban J connectivity index is 3.03. The monoisotopic (exact) mass is 215 g/mol. The highest BCUT2D eigenvalue weighted by Crippen LogP contribution is 2.09. The lowest BCUT2D eigenvalue weighted by Crippen LogP contribution is -2.15. The maximum Gasteiger partial charge on any atom is 0.278 e. The summed E-state index contributed by atoms with van der Waals surface area (Å²) in [6.45, 7) is 0. The predicted octanol–water partition coefficient (Wildman–Crippen LogP) is 1.45. The van der Waals surface area contributed by atoms with Crippen molar-refractivity contribution in [1.82, 2.24) is 14.1 Å². The molecule has 0 spiro atoms. The Morgan fingerprint density at radius 2 is 2.23 bits per heavy atom. The molecule has 0 bridgehead atoms. The molecule has 0 unspecified atom stereocenters. The van der Waals surface area contributed by atoms with E-state index in [1.165, 1.54) is 6.20 Å². The fourth-order valence-corrected chi connectivity index (χ4v) is 1.26. The van der Waals surface area contributed by atoms with Gasteiger partial charge >= 0.3 is 0 Å². The Hall–Kier alpha value is -1.13. The Morgan fingerprint density at radius 1 is 1.46 bits per heavy atom. The number of rotatable bonds is 0. The molecule has 0 aliphatic rings. The van der Waals surface area contributed by atoms with Crippen molar-refractivity contribution in [1.29, 1.82) is 0 Å². The Morgan fingerprint density at radius 3 is 3.00 bits per heavy atom. The van der Waals surface area contributed by atoms with Crippen LogP contribution in [0.1, 0.15) is 0 Å². The average Bonchev–Trinajstić information content (AvgIpc) is 2.15. The average molecular weight is 216 g/mol. The molecule has 6 heteroatoms. The minimum atomic E-state index is -0.412. The third-order valence-corrected chi connectivity index (χ3v) is 2.21. The van der Waals surface area contributed by atoms with E-state index in [2.05, 4.69) is 9.97 Å². The van der Waals surface area contributed by atoms with E-state index in [1.54, 1.807) is 12.1 Å². The van der Waals surface area contributed by atoms with Crippen LogP contribution in [0.3, 0.4) is 0 Å². The molecular formula is C7H3Cl2N3O.